The average molecular weight is 413 g/mol. The number of carbonyl (C=O) groups is 1. The second-order valence-electron chi connectivity index (χ2n) is 6.98. The van der Waals surface area contributed by atoms with Crippen molar-refractivity contribution in [3.05, 3.63) is 82.8 Å². The number of benzene rings is 2. The van der Waals surface area contributed by atoms with E-state index in [9.17, 15) is 18.0 Å². The summed E-state index contributed by atoms with van der Waals surface area (Å²) in [5.41, 5.74) is 2.16. The standard InChI is InChI=1S/C21H18F3N5O/c1-12-5-3-4-6-16(12)28-19(30)17-13(2)27-20-25-11-26-29(20)18(17)14-7-9-15(10-8-14)21(22,23)24/h3-11,18H,1-2H3,(H,28,30)(H,25,26,27)/t18-/m0/s1. The monoisotopic (exact) mass is 413 g/mol. The number of rotatable bonds is 3. The van der Waals surface area contributed by atoms with Crippen molar-refractivity contribution >= 4 is 17.5 Å². The Kier molecular flexibility index (Phi) is 4.81. The quantitative estimate of drug-likeness (QED) is 0.662. The lowest BCUT2D eigenvalue weighted by molar-refractivity contribution is -0.137. The molecular weight excluding hydrogens is 395 g/mol. The molecule has 6 nitrogen and oxygen atoms in total. The van der Waals surface area contributed by atoms with Crippen LogP contribution in [0.1, 0.15) is 29.7 Å². The van der Waals surface area contributed by atoms with Gasteiger partial charge in [0.15, 0.2) is 0 Å². The Bertz CT molecular complexity index is 1130. The second kappa shape index (κ2) is 7.33. The predicted octanol–water partition coefficient (Wildman–Crippen LogP) is 4.53. The summed E-state index contributed by atoms with van der Waals surface area (Å²) in [6.45, 7) is 3.60. The molecular formula is C21H18F3N5O. The number of nitrogens with zero attached hydrogens (tertiary/aromatic N) is 3. The molecule has 0 saturated carbocycles. The van der Waals surface area contributed by atoms with Gasteiger partial charge in [0, 0.05) is 11.4 Å². The van der Waals surface area contributed by atoms with Gasteiger partial charge in [0.1, 0.15) is 12.4 Å². The summed E-state index contributed by atoms with van der Waals surface area (Å²) in [5, 5.41) is 10.1. The minimum atomic E-state index is -4.44. The number of hydrogen-bond acceptors (Lipinski definition) is 4. The Hall–Kier alpha value is -3.62. The first-order valence-electron chi connectivity index (χ1n) is 9.17. The molecule has 1 aliphatic rings. The van der Waals surface area contributed by atoms with E-state index in [4.69, 9.17) is 0 Å². The number of hydrogen-bond donors (Lipinski definition) is 2. The number of nitrogens with one attached hydrogen (secondary N) is 2. The number of fused-ring (bicyclic) bond motifs is 1. The van der Waals surface area contributed by atoms with Gasteiger partial charge in [-0.1, -0.05) is 30.3 Å². The van der Waals surface area contributed by atoms with E-state index in [0.717, 1.165) is 17.7 Å². The van der Waals surface area contributed by atoms with Gasteiger partial charge >= 0.3 is 6.18 Å². The lowest BCUT2D eigenvalue weighted by Gasteiger charge is -2.29. The average Bonchev–Trinajstić information content (AvgIpc) is 3.16. The number of aryl methyl sites for hydroxylation is 1. The second-order valence-corrected chi connectivity index (χ2v) is 6.98. The van der Waals surface area contributed by atoms with Crippen molar-refractivity contribution in [2.45, 2.75) is 26.1 Å². The van der Waals surface area contributed by atoms with Crippen LogP contribution >= 0.6 is 0 Å². The highest BCUT2D eigenvalue weighted by molar-refractivity contribution is 6.06. The molecule has 0 saturated heterocycles. The highest BCUT2D eigenvalue weighted by atomic mass is 19.4. The highest BCUT2D eigenvalue weighted by Crippen LogP contribution is 2.37. The van der Waals surface area contributed by atoms with Crippen LogP contribution in [0.4, 0.5) is 24.8 Å². The number of para-hydroxylation sites is 1. The smallest absolute Gasteiger partial charge is 0.328 e. The van der Waals surface area contributed by atoms with E-state index in [-0.39, 0.29) is 5.91 Å². The van der Waals surface area contributed by atoms with Crippen molar-refractivity contribution in [3.8, 4) is 0 Å². The first kappa shape index (κ1) is 19.7. The molecule has 1 amide bonds. The maximum Gasteiger partial charge on any atom is 0.416 e. The number of halogens is 3. The van der Waals surface area contributed by atoms with E-state index >= 15 is 0 Å². The van der Waals surface area contributed by atoms with E-state index in [1.807, 2.05) is 25.1 Å². The van der Waals surface area contributed by atoms with E-state index in [0.29, 0.717) is 28.5 Å². The van der Waals surface area contributed by atoms with Crippen molar-refractivity contribution < 1.29 is 18.0 Å². The molecule has 2 aromatic carbocycles. The molecule has 9 heteroatoms. The fourth-order valence-electron chi connectivity index (χ4n) is 3.45. The largest absolute Gasteiger partial charge is 0.416 e. The van der Waals surface area contributed by atoms with Crippen LogP contribution in [0.5, 0.6) is 0 Å². The SMILES string of the molecule is CC1=C(C(=O)Nc2ccccc2C)[C@H](c2ccc(C(F)(F)F)cc2)n2ncnc2N1. The Balaban J connectivity index is 1.76. The van der Waals surface area contributed by atoms with Gasteiger partial charge < -0.3 is 10.6 Å². The van der Waals surface area contributed by atoms with Crippen molar-refractivity contribution in [1.29, 1.82) is 0 Å². The number of allylic oxidation sites excluding steroid dienone is 1. The number of anilines is 2. The third-order valence-corrected chi connectivity index (χ3v) is 4.99. The summed E-state index contributed by atoms with van der Waals surface area (Å²) in [6.07, 6.45) is -3.11. The molecule has 2 heterocycles. The van der Waals surface area contributed by atoms with Crippen LogP contribution < -0.4 is 10.6 Å². The minimum Gasteiger partial charge on any atom is -0.328 e. The maximum absolute atomic E-state index is 13.2. The maximum atomic E-state index is 13.2. The van der Waals surface area contributed by atoms with Crippen LogP contribution in [0.3, 0.4) is 0 Å². The molecule has 2 N–H and O–H groups in total. The van der Waals surface area contributed by atoms with E-state index < -0.39 is 17.8 Å². The van der Waals surface area contributed by atoms with Gasteiger partial charge in [-0.15, -0.1) is 0 Å². The van der Waals surface area contributed by atoms with Crippen LogP contribution in [0.15, 0.2) is 66.1 Å². The van der Waals surface area contributed by atoms with Gasteiger partial charge in [-0.25, -0.2) is 4.68 Å². The van der Waals surface area contributed by atoms with Crippen molar-refractivity contribution in [2.24, 2.45) is 0 Å². The summed E-state index contributed by atoms with van der Waals surface area (Å²) in [6, 6.07) is 11.3. The molecule has 1 atom stereocenters. The molecule has 4 rings (SSSR count). The first-order chi connectivity index (χ1) is 14.3. The molecule has 0 spiro atoms. The van der Waals surface area contributed by atoms with Crippen LogP contribution in [0, 0.1) is 6.92 Å². The van der Waals surface area contributed by atoms with Gasteiger partial charge in [-0.3, -0.25) is 4.79 Å². The summed E-state index contributed by atoms with van der Waals surface area (Å²) < 4.78 is 40.5. The minimum absolute atomic E-state index is 0.344. The zero-order valence-electron chi connectivity index (χ0n) is 16.2. The molecule has 3 aromatic rings. The lowest BCUT2D eigenvalue weighted by atomic mass is 9.94. The normalized spacial score (nSPS) is 16.1. The van der Waals surface area contributed by atoms with Gasteiger partial charge in [-0.05, 0) is 43.2 Å². The van der Waals surface area contributed by atoms with Crippen LogP contribution in [0.2, 0.25) is 0 Å². The van der Waals surface area contributed by atoms with Gasteiger partial charge in [0.25, 0.3) is 5.91 Å². The molecule has 154 valence electrons. The summed E-state index contributed by atoms with van der Waals surface area (Å²) in [7, 11) is 0. The third kappa shape index (κ3) is 3.54. The molecule has 1 aromatic heterocycles. The topological polar surface area (TPSA) is 71.8 Å². The summed E-state index contributed by atoms with van der Waals surface area (Å²) in [5.74, 6) is 0.0326. The molecule has 0 bridgehead atoms. The number of amides is 1. The van der Waals surface area contributed by atoms with Crippen molar-refractivity contribution in [2.75, 3.05) is 10.6 Å². The molecule has 0 radical (unpaired) electrons. The molecule has 1 aliphatic heterocycles. The Morgan fingerprint density at radius 1 is 1.10 bits per heavy atom. The Labute approximate surface area is 170 Å². The number of alkyl halides is 3. The fourth-order valence-corrected chi connectivity index (χ4v) is 3.45. The van der Waals surface area contributed by atoms with Crippen molar-refractivity contribution in [3.63, 3.8) is 0 Å². The van der Waals surface area contributed by atoms with Crippen LogP contribution in [0.25, 0.3) is 0 Å². The van der Waals surface area contributed by atoms with E-state index in [2.05, 4.69) is 20.7 Å². The number of carbonyl (C=O) groups excluding carboxylic acids is 1. The Morgan fingerprint density at radius 3 is 2.47 bits per heavy atom. The van der Waals surface area contributed by atoms with Gasteiger partial charge in [-0.2, -0.15) is 23.3 Å². The third-order valence-electron chi connectivity index (χ3n) is 4.99. The summed E-state index contributed by atoms with van der Waals surface area (Å²) >= 11 is 0. The highest BCUT2D eigenvalue weighted by Gasteiger charge is 2.35. The molecule has 0 fully saturated rings. The van der Waals surface area contributed by atoms with Crippen LogP contribution in [-0.4, -0.2) is 20.7 Å². The Morgan fingerprint density at radius 2 is 1.80 bits per heavy atom. The summed E-state index contributed by atoms with van der Waals surface area (Å²) in [4.78, 5) is 17.3. The molecule has 30 heavy (non-hydrogen) atoms. The fraction of sp³-hybridized carbons (Fsp3) is 0.190. The first-order valence-corrected chi connectivity index (χ1v) is 9.17. The van der Waals surface area contributed by atoms with E-state index in [1.54, 1.807) is 13.0 Å². The van der Waals surface area contributed by atoms with Gasteiger partial charge in [0.2, 0.25) is 5.95 Å². The van der Waals surface area contributed by atoms with Gasteiger partial charge in [0.05, 0.1) is 11.1 Å². The number of aromatic nitrogens is 3. The van der Waals surface area contributed by atoms with Crippen LogP contribution in [-0.2, 0) is 11.0 Å². The zero-order chi connectivity index (χ0) is 21.5. The lowest BCUT2D eigenvalue weighted by Crippen LogP contribution is -2.31. The predicted molar refractivity (Wildman–Crippen MR) is 106 cm³/mol. The van der Waals surface area contributed by atoms with Crippen molar-refractivity contribution in [1.82, 2.24) is 14.8 Å². The molecule has 0 aliphatic carbocycles. The molecule has 0 unspecified atom stereocenters. The zero-order valence-corrected chi connectivity index (χ0v) is 16.2. The van der Waals surface area contributed by atoms with E-state index in [1.165, 1.54) is 23.1 Å².